The van der Waals surface area contributed by atoms with Crippen LogP contribution in [0.4, 0.5) is 5.82 Å². The van der Waals surface area contributed by atoms with Crippen LogP contribution in [0.15, 0.2) is 6.20 Å². The lowest BCUT2D eigenvalue weighted by Crippen LogP contribution is -2.15. The molecule has 2 aromatic heterocycles. The molecule has 0 saturated heterocycles. The lowest BCUT2D eigenvalue weighted by Gasteiger charge is -2.27. The van der Waals surface area contributed by atoms with E-state index in [1.807, 2.05) is 4.68 Å². The van der Waals surface area contributed by atoms with Gasteiger partial charge in [0.05, 0.1) is 0 Å². The maximum Gasteiger partial charge on any atom is 0.152 e. The van der Waals surface area contributed by atoms with E-state index in [1.54, 1.807) is 0 Å². The Balaban J connectivity index is 2.15. The minimum absolute atomic E-state index is 0.601. The molecule has 0 aliphatic heterocycles. The van der Waals surface area contributed by atoms with E-state index in [-0.39, 0.29) is 0 Å². The van der Waals surface area contributed by atoms with E-state index in [1.165, 1.54) is 35.9 Å². The zero-order valence-electron chi connectivity index (χ0n) is 13.4. The lowest BCUT2D eigenvalue weighted by atomic mass is 9.79. The van der Waals surface area contributed by atoms with Crippen LogP contribution in [0.2, 0.25) is 0 Å². The van der Waals surface area contributed by atoms with Gasteiger partial charge in [0.15, 0.2) is 5.82 Å². The third kappa shape index (κ3) is 2.63. The Morgan fingerprint density at radius 1 is 1.43 bits per heavy atom. The van der Waals surface area contributed by atoms with Crippen LogP contribution < -0.4 is 5.73 Å². The van der Waals surface area contributed by atoms with E-state index in [9.17, 15) is 0 Å². The van der Waals surface area contributed by atoms with E-state index in [0.29, 0.717) is 17.7 Å². The summed E-state index contributed by atoms with van der Waals surface area (Å²) in [7, 11) is 0. The fraction of sp³-hybridized carbons (Fsp3) is 0.647. The summed E-state index contributed by atoms with van der Waals surface area (Å²) in [4.78, 5) is 4.67. The van der Waals surface area contributed by atoms with Crippen LogP contribution in [-0.4, -0.2) is 14.8 Å². The van der Waals surface area contributed by atoms with Gasteiger partial charge < -0.3 is 5.73 Å². The van der Waals surface area contributed by atoms with Gasteiger partial charge in [0, 0.05) is 23.8 Å². The first kappa shape index (κ1) is 14.4. The van der Waals surface area contributed by atoms with Gasteiger partial charge >= 0.3 is 0 Å². The smallest absolute Gasteiger partial charge is 0.152 e. The first-order chi connectivity index (χ1) is 10.1. The molecule has 0 saturated carbocycles. The predicted molar refractivity (Wildman–Crippen MR) is 87.4 cm³/mol. The highest BCUT2D eigenvalue weighted by atomic mass is 15.3. The molecule has 0 radical (unpaired) electrons. The van der Waals surface area contributed by atoms with Crippen LogP contribution in [0.3, 0.4) is 0 Å². The molecule has 2 heterocycles. The number of pyridine rings is 1. The molecule has 114 valence electrons. The highest BCUT2D eigenvalue weighted by molar-refractivity contribution is 5.90. The van der Waals surface area contributed by atoms with Crippen molar-refractivity contribution in [2.24, 2.45) is 5.92 Å². The molecule has 0 amide bonds. The summed E-state index contributed by atoms with van der Waals surface area (Å²) in [5, 5.41) is 5.90. The second kappa shape index (κ2) is 5.66. The first-order valence-electron chi connectivity index (χ1n) is 8.25. The van der Waals surface area contributed by atoms with Crippen molar-refractivity contribution in [3.63, 3.8) is 0 Å². The zero-order valence-corrected chi connectivity index (χ0v) is 13.4. The summed E-state index contributed by atoms with van der Waals surface area (Å²) in [6, 6.07) is 0. The van der Waals surface area contributed by atoms with Crippen molar-refractivity contribution in [1.29, 1.82) is 0 Å². The minimum Gasteiger partial charge on any atom is -0.382 e. The molecule has 4 nitrogen and oxygen atoms in total. The summed E-state index contributed by atoms with van der Waals surface area (Å²) in [5.41, 5.74) is 9.70. The molecule has 0 aromatic carbocycles. The van der Waals surface area contributed by atoms with E-state index >= 15 is 0 Å². The molecule has 3 rings (SSSR count). The number of hydrogen-bond acceptors (Lipinski definition) is 3. The molecule has 0 bridgehead atoms. The van der Waals surface area contributed by atoms with Gasteiger partial charge in [0.1, 0.15) is 5.52 Å². The molecular weight excluding hydrogens is 260 g/mol. The number of aryl methyl sites for hydroxylation is 2. The summed E-state index contributed by atoms with van der Waals surface area (Å²) in [6.07, 6.45) is 8.05. The molecule has 0 fully saturated rings. The van der Waals surface area contributed by atoms with Gasteiger partial charge in [-0.05, 0) is 49.5 Å². The predicted octanol–water partition coefficient (Wildman–Crippen LogP) is 3.89. The van der Waals surface area contributed by atoms with Crippen molar-refractivity contribution in [3.05, 3.63) is 17.5 Å². The largest absolute Gasteiger partial charge is 0.382 e. The summed E-state index contributed by atoms with van der Waals surface area (Å²) < 4.78 is 2.03. The highest BCUT2D eigenvalue weighted by Gasteiger charge is 2.26. The van der Waals surface area contributed by atoms with E-state index in [0.717, 1.165) is 24.9 Å². The summed E-state index contributed by atoms with van der Waals surface area (Å²) in [5.74, 6) is 1.92. The topological polar surface area (TPSA) is 56.7 Å². The fourth-order valence-corrected chi connectivity index (χ4v) is 3.68. The van der Waals surface area contributed by atoms with Crippen molar-refractivity contribution in [3.8, 4) is 0 Å². The van der Waals surface area contributed by atoms with Crippen LogP contribution in [0.1, 0.15) is 63.6 Å². The van der Waals surface area contributed by atoms with Crippen LogP contribution >= 0.6 is 0 Å². The Bertz CT molecular complexity index is 642. The molecule has 1 aliphatic carbocycles. The van der Waals surface area contributed by atoms with Gasteiger partial charge in [-0.2, -0.15) is 5.10 Å². The number of anilines is 1. The van der Waals surface area contributed by atoms with Crippen molar-refractivity contribution in [1.82, 2.24) is 14.8 Å². The van der Waals surface area contributed by atoms with Gasteiger partial charge in [0.25, 0.3) is 0 Å². The molecule has 1 atom stereocenters. The molecule has 1 unspecified atom stereocenters. The lowest BCUT2D eigenvalue weighted by molar-refractivity contribution is 0.447. The molecule has 1 aliphatic rings. The van der Waals surface area contributed by atoms with Crippen LogP contribution in [-0.2, 0) is 13.0 Å². The summed E-state index contributed by atoms with van der Waals surface area (Å²) >= 11 is 0. The number of rotatable bonds is 4. The number of nitrogens with two attached hydrogens (primary N) is 1. The van der Waals surface area contributed by atoms with Gasteiger partial charge in [-0.3, -0.25) is 4.68 Å². The van der Waals surface area contributed by atoms with E-state index in [2.05, 4.69) is 37.1 Å². The van der Waals surface area contributed by atoms with Gasteiger partial charge in [-0.15, -0.1) is 0 Å². The maximum atomic E-state index is 6.15. The Labute approximate surface area is 126 Å². The van der Waals surface area contributed by atoms with E-state index in [4.69, 9.17) is 5.73 Å². The third-order valence-corrected chi connectivity index (χ3v) is 4.44. The zero-order chi connectivity index (χ0) is 15.0. The monoisotopic (exact) mass is 286 g/mol. The average Bonchev–Trinajstić information content (AvgIpc) is 2.83. The van der Waals surface area contributed by atoms with Gasteiger partial charge in [-0.25, -0.2) is 4.98 Å². The maximum absolute atomic E-state index is 6.15. The normalized spacial score (nSPS) is 18.4. The highest BCUT2D eigenvalue weighted by Crippen LogP contribution is 2.40. The average molecular weight is 286 g/mol. The summed E-state index contributed by atoms with van der Waals surface area (Å²) in [6.45, 7) is 7.72. The Morgan fingerprint density at radius 3 is 2.95 bits per heavy atom. The van der Waals surface area contributed by atoms with E-state index < -0.39 is 0 Å². The number of nitrogens with zero attached hydrogens (tertiary/aromatic N) is 3. The third-order valence-electron chi connectivity index (χ3n) is 4.44. The number of aromatic nitrogens is 3. The molecule has 0 spiro atoms. The molecule has 21 heavy (non-hydrogen) atoms. The minimum atomic E-state index is 0.601. The quantitative estimate of drug-likeness (QED) is 0.927. The SMILES string of the molecule is CCCn1cc2c3c(nc(N)c2n1)CCCC3CC(C)C. The van der Waals surface area contributed by atoms with Crippen LogP contribution in [0, 0.1) is 5.92 Å². The van der Waals surface area contributed by atoms with Crippen LogP contribution in [0.25, 0.3) is 10.9 Å². The van der Waals surface area contributed by atoms with Crippen molar-refractivity contribution in [2.45, 2.75) is 65.3 Å². The fourth-order valence-electron chi connectivity index (χ4n) is 3.68. The number of nitrogen functional groups attached to an aromatic ring is 1. The standard InChI is InChI=1S/C17H26N4/c1-4-8-21-10-13-15-12(9-11(2)3)6-5-7-14(15)19-17(18)16(13)20-21/h10-12H,4-9H2,1-3H3,(H2,18,19). The second-order valence-electron chi connectivity index (χ2n) is 6.73. The van der Waals surface area contributed by atoms with Crippen molar-refractivity contribution in [2.75, 3.05) is 5.73 Å². The molecular formula is C17H26N4. The second-order valence-corrected chi connectivity index (χ2v) is 6.73. The van der Waals surface area contributed by atoms with Crippen LogP contribution in [0.5, 0.6) is 0 Å². The molecule has 4 heteroatoms. The first-order valence-corrected chi connectivity index (χ1v) is 8.25. The number of hydrogen-bond donors (Lipinski definition) is 1. The molecule has 2 N–H and O–H groups in total. The number of fused-ring (bicyclic) bond motifs is 3. The van der Waals surface area contributed by atoms with Crippen molar-refractivity contribution >= 4 is 16.7 Å². The van der Waals surface area contributed by atoms with Crippen molar-refractivity contribution < 1.29 is 0 Å². The Hall–Kier alpha value is -1.58. The van der Waals surface area contributed by atoms with Gasteiger partial charge in [0.2, 0.25) is 0 Å². The molecule has 2 aromatic rings. The Morgan fingerprint density at radius 2 is 2.24 bits per heavy atom. The Kier molecular flexibility index (Phi) is 3.87. The van der Waals surface area contributed by atoms with Gasteiger partial charge in [-0.1, -0.05) is 20.8 Å².